The molecule has 0 radical (unpaired) electrons. The van der Waals surface area contributed by atoms with Crippen LogP contribution < -0.4 is 0 Å². The van der Waals surface area contributed by atoms with Crippen molar-refractivity contribution < 1.29 is 0 Å². The van der Waals surface area contributed by atoms with E-state index >= 15 is 0 Å². The van der Waals surface area contributed by atoms with E-state index in [-0.39, 0.29) is 0 Å². The highest BCUT2D eigenvalue weighted by atomic mass is 14.7. The van der Waals surface area contributed by atoms with E-state index in [0.717, 1.165) is 0 Å². The molecule has 0 saturated carbocycles. The van der Waals surface area contributed by atoms with Crippen LogP contribution >= 0.6 is 0 Å². The van der Waals surface area contributed by atoms with E-state index in [4.69, 9.17) is 0 Å². The first-order chi connectivity index (χ1) is 9.24. The minimum atomic E-state index is 1.21. The first-order valence-corrected chi connectivity index (χ1v) is 6.64. The van der Waals surface area contributed by atoms with Crippen molar-refractivity contribution in [2.24, 2.45) is 0 Å². The highest BCUT2D eigenvalue weighted by Gasteiger charge is 2.09. The van der Waals surface area contributed by atoms with Gasteiger partial charge in [0.05, 0.1) is 0 Å². The van der Waals surface area contributed by atoms with E-state index in [1.807, 2.05) is 0 Å². The molecule has 0 unspecified atom stereocenters. The predicted octanol–water partition coefficient (Wildman–Crippen LogP) is 5.09. The molecule has 1 N–H and O–H groups in total. The molecule has 92 valence electrons. The second-order valence-corrected chi connectivity index (χ2v) is 5.34. The van der Waals surface area contributed by atoms with Crippen molar-refractivity contribution in [2.45, 2.75) is 13.8 Å². The Bertz CT molecular complexity index is 929. The van der Waals surface area contributed by atoms with Gasteiger partial charge in [-0.25, -0.2) is 0 Å². The molecular formula is C18H15N. The van der Waals surface area contributed by atoms with Crippen LogP contribution in [0.15, 0.2) is 48.5 Å². The first-order valence-electron chi connectivity index (χ1n) is 6.64. The van der Waals surface area contributed by atoms with Crippen LogP contribution in [0.2, 0.25) is 0 Å². The van der Waals surface area contributed by atoms with Gasteiger partial charge < -0.3 is 4.98 Å². The fraction of sp³-hybridized carbons (Fsp3) is 0.111. The molecule has 1 nitrogen and oxygen atoms in total. The Kier molecular flexibility index (Phi) is 2.02. The van der Waals surface area contributed by atoms with Crippen molar-refractivity contribution in [3.8, 4) is 0 Å². The van der Waals surface area contributed by atoms with Gasteiger partial charge in [-0.05, 0) is 42.3 Å². The van der Waals surface area contributed by atoms with Crippen LogP contribution in [0.3, 0.4) is 0 Å². The third-order valence-electron chi connectivity index (χ3n) is 3.97. The Balaban J connectivity index is 2.35. The summed E-state index contributed by atoms with van der Waals surface area (Å²) >= 11 is 0. The van der Waals surface area contributed by atoms with Crippen molar-refractivity contribution in [1.29, 1.82) is 0 Å². The number of aromatic amines is 1. The molecule has 4 aromatic rings. The topological polar surface area (TPSA) is 15.8 Å². The van der Waals surface area contributed by atoms with Crippen LogP contribution in [-0.2, 0) is 0 Å². The smallest absolute Gasteiger partial charge is 0.0474 e. The molecule has 1 aromatic heterocycles. The molecule has 0 aliphatic carbocycles. The van der Waals surface area contributed by atoms with Gasteiger partial charge in [0, 0.05) is 21.8 Å². The van der Waals surface area contributed by atoms with Crippen LogP contribution in [-0.4, -0.2) is 4.98 Å². The van der Waals surface area contributed by atoms with Gasteiger partial charge in [-0.1, -0.05) is 42.0 Å². The summed E-state index contributed by atoms with van der Waals surface area (Å²) in [7, 11) is 0. The van der Waals surface area contributed by atoms with Crippen molar-refractivity contribution in [3.63, 3.8) is 0 Å². The van der Waals surface area contributed by atoms with Crippen molar-refractivity contribution in [3.05, 3.63) is 59.7 Å². The minimum absolute atomic E-state index is 1.21. The third kappa shape index (κ3) is 1.42. The minimum Gasteiger partial charge on any atom is -0.354 e. The number of fused-ring (bicyclic) bond motifs is 5. The lowest BCUT2D eigenvalue weighted by Gasteiger charge is -2.06. The molecule has 0 atom stereocenters. The van der Waals surface area contributed by atoms with E-state index in [2.05, 4.69) is 67.4 Å². The highest BCUT2D eigenvalue weighted by molar-refractivity contribution is 6.20. The van der Waals surface area contributed by atoms with Gasteiger partial charge in [0.2, 0.25) is 0 Å². The quantitative estimate of drug-likeness (QED) is 0.444. The maximum atomic E-state index is 3.53. The summed E-state index contributed by atoms with van der Waals surface area (Å²) in [5.41, 5.74) is 5.09. The Morgan fingerprint density at radius 2 is 1.58 bits per heavy atom. The average Bonchev–Trinajstić information content (AvgIpc) is 2.77. The molecule has 0 aliphatic rings. The Morgan fingerprint density at radius 1 is 0.737 bits per heavy atom. The van der Waals surface area contributed by atoms with Crippen LogP contribution in [0.1, 0.15) is 11.1 Å². The van der Waals surface area contributed by atoms with Crippen LogP contribution in [0.4, 0.5) is 0 Å². The number of hydrogen-bond acceptors (Lipinski definition) is 0. The molecule has 0 aliphatic heterocycles. The van der Waals surface area contributed by atoms with Crippen molar-refractivity contribution in [2.75, 3.05) is 0 Å². The number of aryl methyl sites for hydroxylation is 2. The summed E-state index contributed by atoms with van der Waals surface area (Å²) < 4.78 is 0. The molecule has 4 rings (SSSR count). The van der Waals surface area contributed by atoms with Crippen molar-refractivity contribution in [1.82, 2.24) is 4.98 Å². The number of H-pyrrole nitrogens is 1. The Hall–Kier alpha value is -2.28. The van der Waals surface area contributed by atoms with Gasteiger partial charge in [0.1, 0.15) is 0 Å². The Labute approximate surface area is 111 Å². The van der Waals surface area contributed by atoms with E-state index in [9.17, 15) is 0 Å². The summed E-state index contributed by atoms with van der Waals surface area (Å²) in [5.74, 6) is 0. The lowest BCUT2D eigenvalue weighted by Crippen LogP contribution is -1.82. The number of nitrogens with one attached hydrogen (secondary N) is 1. The molecular weight excluding hydrogens is 230 g/mol. The zero-order valence-corrected chi connectivity index (χ0v) is 11.1. The second-order valence-electron chi connectivity index (χ2n) is 5.34. The van der Waals surface area contributed by atoms with Crippen LogP contribution in [0.25, 0.3) is 32.6 Å². The molecule has 0 spiro atoms. The van der Waals surface area contributed by atoms with E-state index in [1.165, 1.54) is 43.7 Å². The van der Waals surface area contributed by atoms with Gasteiger partial charge in [-0.3, -0.25) is 0 Å². The third-order valence-corrected chi connectivity index (χ3v) is 3.97. The average molecular weight is 245 g/mol. The molecule has 1 heterocycles. The molecule has 1 heteroatoms. The van der Waals surface area contributed by atoms with Gasteiger partial charge in [0.15, 0.2) is 0 Å². The zero-order chi connectivity index (χ0) is 13.0. The molecule has 0 bridgehead atoms. The van der Waals surface area contributed by atoms with Gasteiger partial charge in [-0.15, -0.1) is 0 Å². The molecule has 19 heavy (non-hydrogen) atoms. The molecule has 0 saturated heterocycles. The lowest BCUT2D eigenvalue weighted by atomic mass is 9.98. The maximum absolute atomic E-state index is 3.53. The number of rotatable bonds is 0. The van der Waals surface area contributed by atoms with Crippen molar-refractivity contribution >= 4 is 32.6 Å². The first kappa shape index (κ1) is 10.6. The fourth-order valence-corrected chi connectivity index (χ4v) is 3.06. The van der Waals surface area contributed by atoms with E-state index < -0.39 is 0 Å². The summed E-state index contributed by atoms with van der Waals surface area (Å²) in [4.78, 5) is 3.53. The fourth-order valence-electron chi connectivity index (χ4n) is 3.06. The van der Waals surface area contributed by atoms with Gasteiger partial charge in [0.25, 0.3) is 0 Å². The monoisotopic (exact) mass is 245 g/mol. The zero-order valence-electron chi connectivity index (χ0n) is 11.1. The molecule has 0 fully saturated rings. The molecule has 0 amide bonds. The highest BCUT2D eigenvalue weighted by Crippen LogP contribution is 2.34. The summed E-state index contributed by atoms with van der Waals surface area (Å²) in [6.07, 6.45) is 0. The summed E-state index contributed by atoms with van der Waals surface area (Å²) in [6, 6.07) is 17.5. The Morgan fingerprint density at radius 3 is 2.47 bits per heavy atom. The van der Waals surface area contributed by atoms with E-state index in [1.54, 1.807) is 0 Å². The number of para-hydroxylation sites is 1. The number of aromatic nitrogens is 1. The summed E-state index contributed by atoms with van der Waals surface area (Å²) in [6.45, 7) is 4.34. The predicted molar refractivity (Wildman–Crippen MR) is 82.8 cm³/mol. The number of hydrogen-bond donors (Lipinski definition) is 1. The van der Waals surface area contributed by atoms with Gasteiger partial charge in [-0.2, -0.15) is 0 Å². The second kappa shape index (κ2) is 3.61. The van der Waals surface area contributed by atoms with Crippen LogP contribution in [0, 0.1) is 13.8 Å². The van der Waals surface area contributed by atoms with Crippen LogP contribution in [0.5, 0.6) is 0 Å². The molecule has 3 aromatic carbocycles. The van der Waals surface area contributed by atoms with E-state index in [0.29, 0.717) is 0 Å². The van der Waals surface area contributed by atoms with Gasteiger partial charge >= 0.3 is 0 Å². The largest absolute Gasteiger partial charge is 0.354 e. The number of benzene rings is 3. The lowest BCUT2D eigenvalue weighted by molar-refractivity contribution is 1.47. The SMILES string of the molecule is Cc1ccc2c(c1)c(C)cc1[nH]c3ccccc3c12. The standard InChI is InChI=1S/C18H15N/c1-11-7-8-13-15(9-11)12(2)10-17-18(13)14-5-3-4-6-16(14)19-17/h3-10,19H,1-2H3. The maximum Gasteiger partial charge on any atom is 0.0474 e. The normalized spacial score (nSPS) is 11.7. The summed E-state index contributed by atoms with van der Waals surface area (Å²) in [5, 5.41) is 5.36.